The minimum atomic E-state index is -0.611. The van der Waals surface area contributed by atoms with Crippen molar-refractivity contribution in [3.8, 4) is 0 Å². The summed E-state index contributed by atoms with van der Waals surface area (Å²) in [4.78, 5) is 48.6. The van der Waals surface area contributed by atoms with Gasteiger partial charge in [0.25, 0.3) is 11.8 Å². The molecule has 1 aromatic rings. The Balaban J connectivity index is 1.48. The first kappa shape index (κ1) is 16.2. The topological polar surface area (TPSA) is 92.8 Å². The highest BCUT2D eigenvalue weighted by molar-refractivity contribution is 6.09. The van der Waals surface area contributed by atoms with Gasteiger partial charge in [0.1, 0.15) is 0 Å². The maximum atomic E-state index is 12.3. The summed E-state index contributed by atoms with van der Waals surface area (Å²) >= 11 is 0. The Bertz CT molecular complexity index is 696. The van der Waals surface area contributed by atoms with E-state index in [0.29, 0.717) is 11.1 Å². The van der Waals surface area contributed by atoms with Crippen molar-refractivity contribution in [3.63, 3.8) is 0 Å². The summed E-state index contributed by atoms with van der Waals surface area (Å²) in [5.74, 6) is -1.68. The third-order valence-corrected chi connectivity index (χ3v) is 3.98. The van der Waals surface area contributed by atoms with Crippen molar-refractivity contribution >= 4 is 23.7 Å². The maximum Gasteiger partial charge on any atom is 0.308 e. The summed E-state index contributed by atoms with van der Waals surface area (Å²) in [6.45, 7) is -0.380. The van der Waals surface area contributed by atoms with Crippen molar-refractivity contribution in [3.05, 3.63) is 35.4 Å². The molecule has 1 saturated carbocycles. The number of fused-ring (bicyclic) bond motifs is 1. The van der Waals surface area contributed by atoms with E-state index in [1.807, 2.05) is 0 Å². The number of nitrogens with one attached hydrogen (secondary N) is 1. The van der Waals surface area contributed by atoms with Crippen LogP contribution in [0.1, 0.15) is 35.2 Å². The highest BCUT2D eigenvalue weighted by Gasteiger charge is 2.31. The molecule has 1 heterocycles. The van der Waals surface area contributed by atoms with Gasteiger partial charge >= 0.3 is 5.97 Å². The second-order valence-corrected chi connectivity index (χ2v) is 5.94. The van der Waals surface area contributed by atoms with E-state index in [0.717, 1.165) is 17.7 Å². The summed E-state index contributed by atoms with van der Waals surface area (Å²) in [5, 5.41) is 2.70. The summed E-state index contributed by atoms with van der Waals surface area (Å²) in [5.41, 5.74) is 1.18. The molecule has 1 N–H and O–H groups in total. The number of hydrogen-bond donors (Lipinski definition) is 1. The Morgan fingerprint density at radius 1 is 1.21 bits per heavy atom. The molecule has 1 fully saturated rings. The van der Waals surface area contributed by atoms with E-state index in [2.05, 4.69) is 5.32 Å². The molecule has 0 radical (unpaired) electrons. The molecule has 0 saturated heterocycles. The van der Waals surface area contributed by atoms with Crippen LogP contribution in [0.2, 0.25) is 0 Å². The molecule has 0 atom stereocenters. The van der Waals surface area contributed by atoms with E-state index in [1.54, 1.807) is 24.3 Å². The predicted molar refractivity (Wildman–Crippen MR) is 82.9 cm³/mol. The molecular weight excluding hydrogens is 312 g/mol. The number of nitrogens with zero attached hydrogens (tertiary/aromatic N) is 1. The standard InChI is InChI=1S/C17H18N2O5/c20-14(18-12-5-6-12)10-24-16(22)7-8-19-15(21)9-11-3-1-2-4-13(11)17(19)23/h1-4,12H,5-10H2,(H,18,20). The van der Waals surface area contributed by atoms with Crippen LogP contribution in [0, 0.1) is 0 Å². The van der Waals surface area contributed by atoms with E-state index in [9.17, 15) is 19.2 Å². The number of esters is 1. The summed E-state index contributed by atoms with van der Waals surface area (Å²) in [6.07, 6.45) is 1.93. The average molecular weight is 330 g/mol. The summed E-state index contributed by atoms with van der Waals surface area (Å²) in [6, 6.07) is 7.13. The molecule has 1 aliphatic carbocycles. The quantitative estimate of drug-likeness (QED) is 0.603. The second kappa shape index (κ2) is 6.82. The largest absolute Gasteiger partial charge is 0.456 e. The van der Waals surface area contributed by atoms with Gasteiger partial charge in [0.15, 0.2) is 6.61 Å². The van der Waals surface area contributed by atoms with Crippen LogP contribution >= 0.6 is 0 Å². The molecule has 3 rings (SSSR count). The third-order valence-electron chi connectivity index (χ3n) is 3.98. The average Bonchev–Trinajstić information content (AvgIpc) is 3.36. The van der Waals surface area contributed by atoms with Crippen LogP contribution in [0.5, 0.6) is 0 Å². The Morgan fingerprint density at radius 3 is 2.71 bits per heavy atom. The van der Waals surface area contributed by atoms with Gasteiger partial charge in [-0.2, -0.15) is 0 Å². The Morgan fingerprint density at radius 2 is 1.96 bits per heavy atom. The van der Waals surface area contributed by atoms with Gasteiger partial charge in [0.05, 0.1) is 12.8 Å². The molecule has 2 aliphatic rings. The molecule has 3 amide bonds. The highest BCUT2D eigenvalue weighted by atomic mass is 16.5. The zero-order valence-corrected chi connectivity index (χ0v) is 13.1. The molecule has 1 aliphatic heterocycles. The van der Waals surface area contributed by atoms with Gasteiger partial charge in [-0.1, -0.05) is 18.2 Å². The van der Waals surface area contributed by atoms with Gasteiger partial charge in [-0.15, -0.1) is 0 Å². The fourth-order valence-corrected chi connectivity index (χ4v) is 2.54. The van der Waals surface area contributed by atoms with E-state index in [4.69, 9.17) is 4.74 Å². The number of amides is 3. The summed E-state index contributed by atoms with van der Waals surface area (Å²) in [7, 11) is 0. The number of benzene rings is 1. The SMILES string of the molecule is O=C(COC(=O)CCN1C(=O)Cc2ccccc2C1=O)NC1CC1. The van der Waals surface area contributed by atoms with Crippen LogP contribution in [-0.2, 0) is 25.5 Å². The fourth-order valence-electron chi connectivity index (χ4n) is 2.54. The number of carbonyl (C=O) groups excluding carboxylic acids is 4. The zero-order valence-electron chi connectivity index (χ0n) is 13.1. The van der Waals surface area contributed by atoms with E-state index < -0.39 is 11.9 Å². The lowest BCUT2D eigenvalue weighted by atomic mass is 9.98. The van der Waals surface area contributed by atoms with Gasteiger partial charge in [-0.05, 0) is 24.5 Å². The van der Waals surface area contributed by atoms with Crippen molar-refractivity contribution in [1.82, 2.24) is 10.2 Å². The van der Waals surface area contributed by atoms with Crippen LogP contribution in [0.4, 0.5) is 0 Å². The number of carbonyl (C=O) groups is 4. The molecule has 0 bridgehead atoms. The van der Waals surface area contributed by atoms with Crippen molar-refractivity contribution in [2.24, 2.45) is 0 Å². The van der Waals surface area contributed by atoms with Crippen LogP contribution in [0.3, 0.4) is 0 Å². The molecule has 0 unspecified atom stereocenters. The lowest BCUT2D eigenvalue weighted by Gasteiger charge is -2.26. The van der Waals surface area contributed by atoms with E-state index in [-0.39, 0.29) is 43.8 Å². The normalized spacial score (nSPS) is 16.6. The Labute approximate surface area is 139 Å². The van der Waals surface area contributed by atoms with Gasteiger partial charge in [-0.25, -0.2) is 0 Å². The van der Waals surface area contributed by atoms with E-state index >= 15 is 0 Å². The van der Waals surface area contributed by atoms with Gasteiger partial charge in [0.2, 0.25) is 5.91 Å². The van der Waals surface area contributed by atoms with Crippen molar-refractivity contribution in [2.45, 2.75) is 31.7 Å². The molecule has 1 aromatic carbocycles. The maximum absolute atomic E-state index is 12.3. The van der Waals surface area contributed by atoms with Gasteiger partial charge < -0.3 is 10.1 Å². The van der Waals surface area contributed by atoms with Crippen LogP contribution in [0.25, 0.3) is 0 Å². The predicted octanol–water partition coefficient (Wildman–Crippen LogP) is 0.423. The van der Waals surface area contributed by atoms with Crippen LogP contribution in [0.15, 0.2) is 24.3 Å². The number of hydrogen-bond acceptors (Lipinski definition) is 5. The first-order chi connectivity index (χ1) is 11.5. The molecule has 0 spiro atoms. The van der Waals surface area contributed by atoms with Gasteiger partial charge in [-0.3, -0.25) is 24.1 Å². The lowest BCUT2D eigenvalue weighted by Crippen LogP contribution is -2.43. The van der Waals surface area contributed by atoms with Crippen molar-refractivity contribution in [1.29, 1.82) is 0 Å². The zero-order chi connectivity index (χ0) is 17.1. The molecule has 7 heteroatoms. The van der Waals surface area contributed by atoms with E-state index in [1.165, 1.54) is 0 Å². The van der Waals surface area contributed by atoms with Crippen molar-refractivity contribution < 1.29 is 23.9 Å². The fraction of sp³-hybridized carbons (Fsp3) is 0.412. The minimum absolute atomic E-state index is 0.0465. The smallest absolute Gasteiger partial charge is 0.308 e. The lowest BCUT2D eigenvalue weighted by molar-refractivity contribution is -0.149. The highest BCUT2D eigenvalue weighted by Crippen LogP contribution is 2.20. The molecule has 0 aromatic heterocycles. The van der Waals surface area contributed by atoms with Crippen LogP contribution < -0.4 is 5.32 Å². The Kier molecular flexibility index (Phi) is 4.59. The number of ether oxygens (including phenoxy) is 1. The molecular formula is C17H18N2O5. The monoisotopic (exact) mass is 330 g/mol. The first-order valence-electron chi connectivity index (χ1n) is 7.92. The Hall–Kier alpha value is -2.70. The number of rotatable bonds is 6. The third kappa shape index (κ3) is 3.79. The van der Waals surface area contributed by atoms with Gasteiger partial charge in [0, 0.05) is 18.2 Å². The van der Waals surface area contributed by atoms with Crippen LogP contribution in [-0.4, -0.2) is 47.8 Å². The molecule has 7 nitrogen and oxygen atoms in total. The first-order valence-corrected chi connectivity index (χ1v) is 7.92. The minimum Gasteiger partial charge on any atom is -0.456 e. The number of imide groups is 1. The molecule has 126 valence electrons. The summed E-state index contributed by atoms with van der Waals surface area (Å²) < 4.78 is 4.86. The second-order valence-electron chi connectivity index (χ2n) is 5.94. The molecule has 24 heavy (non-hydrogen) atoms. The van der Waals surface area contributed by atoms with Crippen molar-refractivity contribution in [2.75, 3.05) is 13.2 Å².